The number of methoxy groups -OCH3 is 4. The molecule has 0 aromatic carbocycles. The minimum absolute atomic E-state index is 0.0443. The van der Waals surface area contributed by atoms with Crippen LogP contribution < -0.4 is 0 Å². The van der Waals surface area contributed by atoms with Gasteiger partial charge in [-0.15, -0.1) is 0 Å². The summed E-state index contributed by atoms with van der Waals surface area (Å²) in [6, 6.07) is -0.312. The molecule has 1 saturated heterocycles. The average molecular weight is 468 g/mol. The first-order valence-corrected chi connectivity index (χ1v) is 12.7. The summed E-state index contributed by atoms with van der Waals surface area (Å²) >= 11 is 0. The predicted octanol–water partition coefficient (Wildman–Crippen LogP) is 0.271. The Hall–Kier alpha value is -0.320. The molecule has 6 rings (SSSR count). The highest BCUT2D eigenvalue weighted by Crippen LogP contribution is 2.80. The lowest BCUT2D eigenvalue weighted by Gasteiger charge is -2.70. The van der Waals surface area contributed by atoms with Crippen molar-refractivity contribution < 1.29 is 34.3 Å². The smallest absolute Gasteiger partial charge is 0.136 e. The van der Waals surface area contributed by atoms with Crippen LogP contribution in [0, 0.1) is 34.5 Å². The summed E-state index contributed by atoms with van der Waals surface area (Å²) in [4.78, 5) is 2.33. The number of ether oxygens (including phenoxy) is 4. The topological polar surface area (TPSA) is 101 Å². The van der Waals surface area contributed by atoms with Crippen molar-refractivity contribution in [2.75, 3.05) is 48.1 Å². The van der Waals surface area contributed by atoms with E-state index in [1.54, 1.807) is 28.4 Å². The zero-order chi connectivity index (χ0) is 23.6. The number of aliphatic hydroxyl groups is 3. The van der Waals surface area contributed by atoms with E-state index in [1.807, 2.05) is 0 Å². The van der Waals surface area contributed by atoms with E-state index in [-0.39, 0.29) is 54.6 Å². The molecule has 6 aliphatic rings. The maximum absolute atomic E-state index is 13.0. The third-order valence-corrected chi connectivity index (χ3v) is 11.6. The number of hydrogen-bond donors (Lipinski definition) is 3. The van der Waals surface area contributed by atoms with E-state index in [9.17, 15) is 15.3 Å². The van der Waals surface area contributed by atoms with Gasteiger partial charge in [0.05, 0.1) is 37.1 Å². The monoisotopic (exact) mass is 467 g/mol. The molecule has 0 aromatic rings. The van der Waals surface area contributed by atoms with Crippen LogP contribution in [0.1, 0.15) is 32.6 Å². The van der Waals surface area contributed by atoms with Crippen molar-refractivity contribution in [2.24, 2.45) is 34.5 Å². The highest BCUT2D eigenvalue weighted by atomic mass is 16.5. The number of piperidine rings is 1. The van der Waals surface area contributed by atoms with Crippen molar-refractivity contribution in [2.45, 2.75) is 74.3 Å². The van der Waals surface area contributed by atoms with E-state index in [4.69, 9.17) is 18.9 Å². The Morgan fingerprint density at radius 2 is 1.79 bits per heavy atom. The molecular formula is C25H41NO7. The molecule has 5 saturated carbocycles. The fourth-order valence-corrected chi connectivity index (χ4v) is 11.0. The molecule has 3 N–H and O–H groups in total. The molecule has 0 aromatic heterocycles. The molecule has 1 unspecified atom stereocenters. The van der Waals surface area contributed by atoms with Crippen molar-refractivity contribution in [3.05, 3.63) is 0 Å². The largest absolute Gasteiger partial charge is 0.396 e. The standard InChI is InChI=1S/C25H41NO7/c1-6-26-11-22(12-27)8-7-16(31-3)24-14-9-13-15(30-2)10-23(28,17(14)18(13)32-4)25(29,21(24)26)20(33-5)19(22)24/h13-21,27-29H,6-12H2,1-5H3/t13-,14-,15+,16+,17+,18-,19-,20+,21?,22+,23-,24+,25-/m1/s1. The molecular weight excluding hydrogens is 426 g/mol. The maximum atomic E-state index is 13.0. The Kier molecular flexibility index (Phi) is 4.99. The lowest BCUT2D eigenvalue weighted by molar-refractivity contribution is -0.320. The highest BCUT2D eigenvalue weighted by Gasteiger charge is 2.91. The van der Waals surface area contributed by atoms with Crippen LogP contribution in [0.15, 0.2) is 0 Å². The molecule has 7 bridgehead atoms. The zero-order valence-corrected chi connectivity index (χ0v) is 20.6. The third kappa shape index (κ3) is 2.16. The molecule has 188 valence electrons. The summed E-state index contributed by atoms with van der Waals surface area (Å²) in [5.74, 6) is -0.0916. The highest BCUT2D eigenvalue weighted by molar-refractivity contribution is 5.41. The maximum Gasteiger partial charge on any atom is 0.136 e. The molecule has 1 heterocycles. The van der Waals surface area contributed by atoms with Crippen LogP contribution >= 0.6 is 0 Å². The van der Waals surface area contributed by atoms with Crippen LogP contribution in [0.25, 0.3) is 0 Å². The number of fused-ring (bicyclic) bond motifs is 2. The second-order valence-electron chi connectivity index (χ2n) is 11.8. The van der Waals surface area contributed by atoms with Crippen molar-refractivity contribution in [3.63, 3.8) is 0 Å². The Bertz CT molecular complexity index is 814. The summed E-state index contributed by atoms with van der Waals surface area (Å²) in [5.41, 5.74) is -3.78. The van der Waals surface area contributed by atoms with Gasteiger partial charge in [-0.25, -0.2) is 0 Å². The van der Waals surface area contributed by atoms with Crippen LogP contribution in [-0.2, 0) is 18.9 Å². The van der Waals surface area contributed by atoms with E-state index < -0.39 is 28.1 Å². The van der Waals surface area contributed by atoms with Gasteiger partial charge in [-0.2, -0.15) is 0 Å². The van der Waals surface area contributed by atoms with E-state index in [2.05, 4.69) is 11.8 Å². The van der Waals surface area contributed by atoms with Gasteiger partial charge in [-0.1, -0.05) is 6.92 Å². The molecule has 13 atom stereocenters. The molecule has 8 heteroatoms. The summed E-state index contributed by atoms with van der Waals surface area (Å²) in [6.07, 6.45) is 1.81. The number of likely N-dealkylation sites (tertiary alicyclic amines) is 1. The van der Waals surface area contributed by atoms with Gasteiger partial charge in [-0.3, -0.25) is 4.90 Å². The molecule has 0 amide bonds. The third-order valence-electron chi connectivity index (χ3n) is 11.6. The Morgan fingerprint density at radius 3 is 2.36 bits per heavy atom. The first kappa shape index (κ1) is 23.1. The van der Waals surface area contributed by atoms with Gasteiger partial charge >= 0.3 is 0 Å². The van der Waals surface area contributed by atoms with E-state index >= 15 is 0 Å². The lowest BCUT2D eigenvalue weighted by Crippen LogP contribution is -2.82. The van der Waals surface area contributed by atoms with Crippen LogP contribution in [0.4, 0.5) is 0 Å². The second kappa shape index (κ2) is 7.13. The average Bonchev–Trinajstić information content (AvgIpc) is 3.24. The van der Waals surface area contributed by atoms with Crippen LogP contribution in [0.3, 0.4) is 0 Å². The minimum Gasteiger partial charge on any atom is -0.396 e. The lowest BCUT2D eigenvalue weighted by atomic mass is 9.42. The van der Waals surface area contributed by atoms with Gasteiger partial charge < -0.3 is 34.3 Å². The first-order valence-electron chi connectivity index (χ1n) is 12.7. The van der Waals surface area contributed by atoms with Gasteiger partial charge in [0.1, 0.15) is 11.2 Å². The first-order chi connectivity index (χ1) is 15.8. The van der Waals surface area contributed by atoms with E-state index in [1.165, 1.54) is 0 Å². The van der Waals surface area contributed by atoms with Gasteiger partial charge in [0.25, 0.3) is 0 Å². The summed E-state index contributed by atoms with van der Waals surface area (Å²) in [7, 11) is 6.85. The predicted molar refractivity (Wildman–Crippen MR) is 119 cm³/mol. The molecule has 0 radical (unpaired) electrons. The van der Waals surface area contributed by atoms with Gasteiger partial charge in [-0.05, 0) is 31.7 Å². The Morgan fingerprint density at radius 1 is 1.03 bits per heavy atom. The number of hydrogen-bond acceptors (Lipinski definition) is 8. The SMILES string of the molecule is CCN1C[C@]2(CO)CC[C@H](OC)[C@]34C1[C@](O)([C@@H](OC)[C@H]23)[C@@]1(O)C[C@H](OC)[C@H]2C[C@@H]4[C@H]1[C@@H]2OC. The van der Waals surface area contributed by atoms with E-state index in [0.29, 0.717) is 13.0 Å². The Labute approximate surface area is 196 Å². The fourth-order valence-electron chi connectivity index (χ4n) is 11.0. The number of nitrogens with zero attached hydrogens (tertiary/aromatic N) is 1. The van der Waals surface area contributed by atoms with Gasteiger partial charge in [0, 0.05) is 70.0 Å². The number of rotatable bonds is 6. The van der Waals surface area contributed by atoms with Gasteiger partial charge in [0.2, 0.25) is 0 Å². The van der Waals surface area contributed by atoms with Crippen LogP contribution in [-0.4, -0.2) is 110 Å². The molecule has 1 aliphatic heterocycles. The molecule has 1 spiro atoms. The van der Waals surface area contributed by atoms with Crippen LogP contribution in [0.2, 0.25) is 0 Å². The van der Waals surface area contributed by atoms with Crippen molar-refractivity contribution in [1.29, 1.82) is 0 Å². The summed E-state index contributed by atoms with van der Waals surface area (Å²) < 4.78 is 24.5. The quantitative estimate of drug-likeness (QED) is 0.512. The zero-order valence-electron chi connectivity index (χ0n) is 20.6. The van der Waals surface area contributed by atoms with Crippen molar-refractivity contribution in [3.8, 4) is 0 Å². The number of likely N-dealkylation sites (N-methyl/N-ethyl adjacent to an activating group) is 1. The summed E-state index contributed by atoms with van der Waals surface area (Å²) in [5, 5.41) is 36.6. The second-order valence-corrected chi connectivity index (χ2v) is 11.8. The Balaban J connectivity index is 1.68. The normalized spacial score (nSPS) is 60.9. The fraction of sp³-hybridized carbons (Fsp3) is 1.00. The molecule has 5 aliphatic carbocycles. The molecule has 6 fully saturated rings. The minimum atomic E-state index is -1.52. The van der Waals surface area contributed by atoms with Crippen LogP contribution in [0.5, 0.6) is 0 Å². The summed E-state index contributed by atoms with van der Waals surface area (Å²) in [6.45, 7) is 3.59. The number of aliphatic hydroxyl groups excluding tert-OH is 1. The van der Waals surface area contributed by atoms with Crippen molar-refractivity contribution >= 4 is 0 Å². The molecule has 8 nitrogen and oxygen atoms in total. The molecule has 33 heavy (non-hydrogen) atoms. The van der Waals surface area contributed by atoms with E-state index in [0.717, 1.165) is 25.8 Å². The van der Waals surface area contributed by atoms with Gasteiger partial charge in [0.15, 0.2) is 0 Å². The van der Waals surface area contributed by atoms with Crippen molar-refractivity contribution in [1.82, 2.24) is 4.90 Å².